The molecule has 1 amide bonds. The molecule has 0 bridgehead atoms. The largest absolute Gasteiger partial charge is 0.383 e. The van der Waals surface area contributed by atoms with Crippen molar-refractivity contribution in [2.45, 2.75) is 6.92 Å². The van der Waals surface area contributed by atoms with Gasteiger partial charge in [0, 0.05) is 57.1 Å². The van der Waals surface area contributed by atoms with E-state index in [0.717, 1.165) is 38.0 Å². The van der Waals surface area contributed by atoms with Gasteiger partial charge in [0.25, 0.3) is 0 Å². The van der Waals surface area contributed by atoms with Crippen LogP contribution in [-0.2, 0) is 4.79 Å². The minimum atomic E-state index is -0.153. The Balaban J connectivity index is 1.87. The van der Waals surface area contributed by atoms with Gasteiger partial charge >= 0.3 is 0 Å². The summed E-state index contributed by atoms with van der Waals surface area (Å²) < 4.78 is 1.03. The molecule has 3 aromatic heterocycles. The average Bonchev–Trinajstić information content (AvgIpc) is 3.23. The van der Waals surface area contributed by atoms with Crippen LogP contribution in [0.15, 0.2) is 41.9 Å². The van der Waals surface area contributed by atoms with E-state index in [1.807, 2.05) is 6.92 Å². The molecule has 0 spiro atoms. The van der Waals surface area contributed by atoms with Crippen LogP contribution in [-0.4, -0.2) is 22.9 Å². The Morgan fingerprint density at radius 1 is 1.35 bits per heavy atom. The minimum Gasteiger partial charge on any atom is -0.383 e. The number of amides is 1. The SMILES string of the molecule is CNC(=O)/C=C/c1cnc(N)c2c(-c3ccc4[nH]c(C)cc4c3)csc12. The Morgan fingerprint density at radius 3 is 3.00 bits per heavy atom. The Labute approximate surface area is 154 Å². The van der Waals surface area contributed by atoms with Gasteiger partial charge in [-0.25, -0.2) is 4.98 Å². The van der Waals surface area contributed by atoms with Crippen LogP contribution in [0.1, 0.15) is 11.3 Å². The predicted octanol–water partition coefficient (Wildman–Crippen LogP) is 4.09. The van der Waals surface area contributed by atoms with E-state index < -0.39 is 0 Å². The Bertz CT molecular complexity index is 1170. The van der Waals surface area contributed by atoms with Crippen molar-refractivity contribution < 1.29 is 4.79 Å². The lowest BCUT2D eigenvalue weighted by atomic mass is 10.0. The highest BCUT2D eigenvalue weighted by Gasteiger charge is 2.14. The van der Waals surface area contributed by atoms with E-state index in [2.05, 4.69) is 44.9 Å². The second kappa shape index (κ2) is 6.31. The third-order valence-corrected chi connectivity index (χ3v) is 5.41. The number of hydrogen-bond acceptors (Lipinski definition) is 4. The van der Waals surface area contributed by atoms with Crippen LogP contribution in [0.4, 0.5) is 5.82 Å². The number of nitrogens with zero attached hydrogens (tertiary/aromatic N) is 1. The van der Waals surface area contributed by atoms with Crippen LogP contribution in [0, 0.1) is 6.92 Å². The number of nitrogen functional groups attached to an aromatic ring is 1. The van der Waals surface area contributed by atoms with Gasteiger partial charge in [0.1, 0.15) is 5.82 Å². The number of likely N-dealkylation sites (N-methyl/N-ethyl adjacent to an activating group) is 1. The Hall–Kier alpha value is -3.12. The van der Waals surface area contributed by atoms with Crippen LogP contribution in [0.25, 0.3) is 38.2 Å². The highest BCUT2D eigenvalue weighted by Crippen LogP contribution is 2.39. The molecule has 0 saturated carbocycles. The summed E-state index contributed by atoms with van der Waals surface area (Å²) in [5.41, 5.74) is 11.5. The molecule has 0 saturated heterocycles. The second-order valence-electron chi connectivity index (χ2n) is 6.15. The number of pyridine rings is 1. The van der Waals surface area contributed by atoms with Crippen molar-refractivity contribution in [1.82, 2.24) is 15.3 Å². The fourth-order valence-electron chi connectivity index (χ4n) is 3.11. The summed E-state index contributed by atoms with van der Waals surface area (Å²) >= 11 is 1.61. The summed E-state index contributed by atoms with van der Waals surface area (Å²) in [7, 11) is 1.60. The molecule has 0 radical (unpaired) electrons. The van der Waals surface area contributed by atoms with E-state index in [0.29, 0.717) is 5.82 Å². The lowest BCUT2D eigenvalue weighted by Gasteiger charge is -2.04. The molecular formula is C20H18N4OS. The number of anilines is 1. The standard InChI is InChI=1S/C20H18N4OS/c1-11-7-14-8-12(3-5-16(14)24-11)15-10-26-19-13(4-6-17(25)22-2)9-23-20(21)18(15)19/h3-10,24H,1-2H3,(H2,21,23)(H,22,25)/b6-4+. The number of thiophene rings is 1. The first kappa shape index (κ1) is 16.4. The predicted molar refractivity (Wildman–Crippen MR) is 109 cm³/mol. The van der Waals surface area contributed by atoms with Crippen LogP contribution in [0.3, 0.4) is 0 Å². The van der Waals surface area contributed by atoms with E-state index in [-0.39, 0.29) is 5.91 Å². The molecule has 6 heteroatoms. The number of benzene rings is 1. The molecule has 1 aromatic carbocycles. The first-order valence-corrected chi connectivity index (χ1v) is 9.10. The zero-order valence-electron chi connectivity index (χ0n) is 14.5. The molecule has 0 aliphatic rings. The van der Waals surface area contributed by atoms with Crippen molar-refractivity contribution in [3.8, 4) is 11.1 Å². The fourth-order valence-corrected chi connectivity index (χ4v) is 4.19. The monoisotopic (exact) mass is 362 g/mol. The zero-order chi connectivity index (χ0) is 18.3. The van der Waals surface area contributed by atoms with E-state index in [4.69, 9.17) is 5.73 Å². The van der Waals surface area contributed by atoms with Crippen LogP contribution >= 0.6 is 11.3 Å². The van der Waals surface area contributed by atoms with Crippen LogP contribution in [0.5, 0.6) is 0 Å². The van der Waals surface area contributed by atoms with Crippen LogP contribution in [0.2, 0.25) is 0 Å². The quantitative estimate of drug-likeness (QED) is 0.480. The van der Waals surface area contributed by atoms with Crippen molar-refractivity contribution in [1.29, 1.82) is 0 Å². The molecule has 0 aliphatic carbocycles. The van der Waals surface area contributed by atoms with Crippen molar-refractivity contribution in [2.75, 3.05) is 12.8 Å². The highest BCUT2D eigenvalue weighted by molar-refractivity contribution is 7.18. The van der Waals surface area contributed by atoms with Gasteiger partial charge in [0.2, 0.25) is 5.91 Å². The number of carbonyl (C=O) groups excluding carboxylic acids is 1. The number of carbonyl (C=O) groups is 1. The molecular weight excluding hydrogens is 344 g/mol. The Kier molecular flexibility index (Phi) is 3.97. The number of aromatic amines is 1. The summed E-state index contributed by atoms with van der Waals surface area (Å²) in [6, 6.07) is 8.46. The number of nitrogens with two attached hydrogens (primary N) is 1. The van der Waals surface area contributed by atoms with Crippen molar-refractivity contribution in [3.63, 3.8) is 0 Å². The number of fused-ring (bicyclic) bond motifs is 2. The maximum absolute atomic E-state index is 11.5. The highest BCUT2D eigenvalue weighted by atomic mass is 32.1. The van der Waals surface area contributed by atoms with Crippen molar-refractivity contribution in [3.05, 3.63) is 53.2 Å². The summed E-state index contributed by atoms with van der Waals surface area (Å²) in [5, 5.41) is 6.77. The molecule has 0 aliphatic heterocycles. The third kappa shape index (κ3) is 2.74. The molecule has 3 heterocycles. The summed E-state index contributed by atoms with van der Waals surface area (Å²) in [6.07, 6.45) is 4.98. The van der Waals surface area contributed by atoms with Gasteiger partial charge in [-0.15, -0.1) is 11.3 Å². The van der Waals surface area contributed by atoms with Gasteiger partial charge < -0.3 is 16.0 Å². The van der Waals surface area contributed by atoms with E-state index in [1.54, 1.807) is 30.7 Å². The number of rotatable bonds is 3. The molecule has 4 aromatic rings. The topological polar surface area (TPSA) is 83.8 Å². The normalized spacial score (nSPS) is 11.6. The van der Waals surface area contributed by atoms with Gasteiger partial charge in [-0.2, -0.15) is 0 Å². The molecule has 26 heavy (non-hydrogen) atoms. The molecule has 4 N–H and O–H groups in total. The number of aryl methyl sites for hydroxylation is 1. The first-order valence-electron chi connectivity index (χ1n) is 8.22. The molecule has 0 atom stereocenters. The average molecular weight is 362 g/mol. The Morgan fingerprint density at radius 2 is 2.19 bits per heavy atom. The lowest BCUT2D eigenvalue weighted by molar-refractivity contribution is -0.115. The second-order valence-corrected chi connectivity index (χ2v) is 7.03. The fraction of sp³-hybridized carbons (Fsp3) is 0.100. The molecule has 4 rings (SSSR count). The van der Waals surface area contributed by atoms with Gasteiger partial charge in [-0.3, -0.25) is 4.79 Å². The lowest BCUT2D eigenvalue weighted by Crippen LogP contribution is -2.13. The van der Waals surface area contributed by atoms with Gasteiger partial charge in [0.15, 0.2) is 0 Å². The van der Waals surface area contributed by atoms with E-state index in [1.165, 1.54) is 11.5 Å². The van der Waals surface area contributed by atoms with Gasteiger partial charge in [-0.05, 0) is 42.1 Å². The van der Waals surface area contributed by atoms with Crippen molar-refractivity contribution in [2.24, 2.45) is 0 Å². The molecule has 5 nitrogen and oxygen atoms in total. The summed E-state index contributed by atoms with van der Waals surface area (Å²) in [4.78, 5) is 19.2. The summed E-state index contributed by atoms with van der Waals surface area (Å²) in [5.74, 6) is 0.346. The van der Waals surface area contributed by atoms with Crippen molar-refractivity contribution >= 4 is 50.1 Å². The third-order valence-electron chi connectivity index (χ3n) is 4.38. The number of nitrogens with one attached hydrogen (secondary N) is 2. The number of H-pyrrole nitrogens is 1. The van der Waals surface area contributed by atoms with E-state index >= 15 is 0 Å². The maximum atomic E-state index is 11.5. The van der Waals surface area contributed by atoms with Gasteiger partial charge in [-0.1, -0.05) is 6.07 Å². The minimum absolute atomic E-state index is 0.153. The zero-order valence-corrected chi connectivity index (χ0v) is 15.3. The van der Waals surface area contributed by atoms with Gasteiger partial charge in [0.05, 0.1) is 0 Å². The first-order chi connectivity index (χ1) is 12.6. The van der Waals surface area contributed by atoms with Crippen LogP contribution < -0.4 is 11.1 Å². The molecule has 0 unspecified atom stereocenters. The molecule has 130 valence electrons. The number of aromatic nitrogens is 2. The maximum Gasteiger partial charge on any atom is 0.243 e. The smallest absolute Gasteiger partial charge is 0.243 e. The number of hydrogen-bond donors (Lipinski definition) is 3. The van der Waals surface area contributed by atoms with E-state index in [9.17, 15) is 4.79 Å². The summed E-state index contributed by atoms with van der Waals surface area (Å²) in [6.45, 7) is 2.05. The molecule has 0 fully saturated rings.